The van der Waals surface area contributed by atoms with Gasteiger partial charge >= 0.3 is 5.97 Å². The number of carbonyl (C=O) groups is 2. The largest absolute Gasteiger partial charge is 0.481 e. The van der Waals surface area contributed by atoms with Gasteiger partial charge in [0.2, 0.25) is 0 Å². The van der Waals surface area contributed by atoms with Crippen LogP contribution >= 0.6 is 0 Å². The van der Waals surface area contributed by atoms with Crippen LogP contribution < -0.4 is 0 Å². The van der Waals surface area contributed by atoms with Crippen molar-refractivity contribution in [3.8, 4) is 0 Å². The minimum Gasteiger partial charge on any atom is -0.481 e. The molecule has 0 radical (unpaired) electrons. The fraction of sp³-hybridized carbons (Fsp3) is 0.867. The van der Waals surface area contributed by atoms with Crippen LogP contribution in [0.1, 0.15) is 58.3 Å². The molecule has 0 aromatic heterocycles. The van der Waals surface area contributed by atoms with Crippen molar-refractivity contribution in [3.05, 3.63) is 0 Å². The van der Waals surface area contributed by atoms with Gasteiger partial charge in [-0.1, -0.05) is 32.6 Å². The third-order valence-electron chi connectivity index (χ3n) is 3.65. The zero-order valence-electron chi connectivity index (χ0n) is 12.4. The second kappa shape index (κ2) is 11.9. The van der Waals surface area contributed by atoms with E-state index in [-0.39, 0.29) is 31.5 Å². The molecule has 0 amide bonds. The average Bonchev–Trinajstić information content (AvgIpc) is 2.75. The molecule has 0 heterocycles. The topological polar surface area (TPSA) is 94.8 Å². The van der Waals surface area contributed by atoms with E-state index in [1.54, 1.807) is 0 Å². The zero-order chi connectivity index (χ0) is 15.4. The van der Waals surface area contributed by atoms with Crippen LogP contribution in [0.15, 0.2) is 0 Å². The van der Waals surface area contributed by atoms with Gasteiger partial charge in [0.15, 0.2) is 0 Å². The van der Waals surface area contributed by atoms with E-state index < -0.39 is 5.97 Å². The molecule has 2 atom stereocenters. The Kier molecular flexibility index (Phi) is 11.3. The minimum absolute atomic E-state index is 0.0351. The second-order valence-corrected chi connectivity index (χ2v) is 5.27. The number of unbranched alkanes of at least 4 members (excludes halogenated alkanes) is 3. The maximum absolute atomic E-state index is 11.6. The molecule has 0 aliphatic heterocycles. The Morgan fingerprint density at radius 3 is 2.35 bits per heavy atom. The van der Waals surface area contributed by atoms with Crippen LogP contribution in [0.3, 0.4) is 0 Å². The number of aliphatic carboxylic acids is 1. The van der Waals surface area contributed by atoms with Crippen LogP contribution in [0, 0.1) is 11.8 Å². The Morgan fingerprint density at radius 1 is 1.20 bits per heavy atom. The van der Waals surface area contributed by atoms with Gasteiger partial charge in [-0.3, -0.25) is 9.59 Å². The molecule has 5 nitrogen and oxygen atoms in total. The lowest BCUT2D eigenvalue weighted by atomic mass is 9.88. The fourth-order valence-corrected chi connectivity index (χ4v) is 2.63. The summed E-state index contributed by atoms with van der Waals surface area (Å²) in [4.78, 5) is 22.3. The number of ketones is 1. The molecule has 118 valence electrons. The number of carbonyl (C=O) groups excluding carboxylic acids is 1. The predicted octanol–water partition coefficient (Wildman–Crippen LogP) is 2.00. The van der Waals surface area contributed by atoms with Crippen molar-refractivity contribution < 1.29 is 24.9 Å². The van der Waals surface area contributed by atoms with Gasteiger partial charge in [0.05, 0.1) is 13.2 Å². The summed E-state index contributed by atoms with van der Waals surface area (Å²) < 4.78 is 0. The van der Waals surface area contributed by atoms with Crippen molar-refractivity contribution in [3.63, 3.8) is 0 Å². The highest BCUT2D eigenvalue weighted by Gasteiger charge is 2.34. The summed E-state index contributed by atoms with van der Waals surface area (Å²) in [6.45, 7) is 1.91. The second-order valence-electron chi connectivity index (χ2n) is 5.27. The van der Waals surface area contributed by atoms with Crippen LogP contribution in [0.5, 0.6) is 0 Å². The zero-order valence-corrected chi connectivity index (χ0v) is 12.4. The number of carboxylic acid groups (broad SMARTS) is 1. The molecule has 1 rings (SSSR count). The lowest BCUT2D eigenvalue weighted by Crippen LogP contribution is -2.17. The number of rotatable bonds is 8. The van der Waals surface area contributed by atoms with Gasteiger partial charge in [-0.25, -0.2) is 0 Å². The molecular weight excluding hydrogens is 260 g/mol. The Labute approximate surface area is 121 Å². The first-order valence-electron chi connectivity index (χ1n) is 7.53. The van der Waals surface area contributed by atoms with E-state index in [0.717, 1.165) is 19.3 Å². The first-order chi connectivity index (χ1) is 9.56. The summed E-state index contributed by atoms with van der Waals surface area (Å²) in [5.74, 6) is -0.333. The molecule has 1 aliphatic carbocycles. The normalized spacial score (nSPS) is 21.4. The molecule has 1 fully saturated rings. The summed E-state index contributed by atoms with van der Waals surface area (Å²) in [5.41, 5.74) is 0. The lowest BCUT2D eigenvalue weighted by molar-refractivity contribution is -0.138. The maximum Gasteiger partial charge on any atom is 0.303 e. The van der Waals surface area contributed by atoms with Crippen molar-refractivity contribution in [1.29, 1.82) is 0 Å². The maximum atomic E-state index is 11.6. The molecule has 2 unspecified atom stereocenters. The number of hydrogen-bond donors (Lipinski definition) is 3. The Morgan fingerprint density at radius 2 is 1.85 bits per heavy atom. The van der Waals surface area contributed by atoms with Crippen LogP contribution in [-0.2, 0) is 9.59 Å². The van der Waals surface area contributed by atoms with Crippen molar-refractivity contribution in [1.82, 2.24) is 0 Å². The van der Waals surface area contributed by atoms with Gasteiger partial charge in [0.25, 0.3) is 0 Å². The average molecular weight is 288 g/mol. The van der Waals surface area contributed by atoms with Gasteiger partial charge in [0.1, 0.15) is 5.78 Å². The number of aliphatic hydroxyl groups excluding tert-OH is 2. The summed E-state index contributed by atoms with van der Waals surface area (Å²) >= 11 is 0. The molecular formula is C15H28O5. The molecule has 0 spiro atoms. The molecule has 20 heavy (non-hydrogen) atoms. The quantitative estimate of drug-likeness (QED) is 0.594. The van der Waals surface area contributed by atoms with Gasteiger partial charge in [-0.15, -0.1) is 0 Å². The van der Waals surface area contributed by atoms with Gasteiger partial charge in [-0.2, -0.15) is 0 Å². The SMILES string of the molecule is CCCCCCC1C(=O)CCC1CC(=O)O.OCCO. The molecule has 0 bridgehead atoms. The van der Waals surface area contributed by atoms with Crippen molar-refractivity contribution in [2.24, 2.45) is 11.8 Å². The standard InChI is InChI=1S/C13H22O3.C2H6O2/c1-2-3-4-5-6-11-10(9-13(15)16)7-8-12(11)14;3-1-2-4/h10-11H,2-9H2,1H3,(H,15,16);3-4H,1-2H2. The summed E-state index contributed by atoms with van der Waals surface area (Å²) in [7, 11) is 0. The summed E-state index contributed by atoms with van der Waals surface area (Å²) in [5, 5.41) is 24.0. The van der Waals surface area contributed by atoms with Crippen LogP contribution in [0.2, 0.25) is 0 Å². The van der Waals surface area contributed by atoms with E-state index in [0.29, 0.717) is 12.2 Å². The summed E-state index contributed by atoms with van der Waals surface area (Å²) in [6, 6.07) is 0. The first kappa shape index (κ1) is 19.1. The van der Waals surface area contributed by atoms with E-state index in [2.05, 4.69) is 6.92 Å². The van der Waals surface area contributed by atoms with Crippen molar-refractivity contribution >= 4 is 11.8 Å². The first-order valence-corrected chi connectivity index (χ1v) is 7.53. The van der Waals surface area contributed by atoms with Crippen molar-refractivity contribution in [2.45, 2.75) is 58.3 Å². The van der Waals surface area contributed by atoms with E-state index >= 15 is 0 Å². The molecule has 1 aliphatic rings. The van der Waals surface area contributed by atoms with Gasteiger partial charge < -0.3 is 15.3 Å². The third kappa shape index (κ3) is 8.27. The number of aliphatic hydroxyl groups is 2. The van der Waals surface area contributed by atoms with Crippen LogP contribution in [0.4, 0.5) is 0 Å². The Bertz CT molecular complexity index is 275. The highest BCUT2D eigenvalue weighted by molar-refractivity contribution is 5.84. The third-order valence-corrected chi connectivity index (χ3v) is 3.65. The highest BCUT2D eigenvalue weighted by atomic mass is 16.4. The minimum atomic E-state index is -0.766. The number of carboxylic acids is 1. The molecule has 0 saturated heterocycles. The molecule has 5 heteroatoms. The highest BCUT2D eigenvalue weighted by Crippen LogP contribution is 2.34. The monoisotopic (exact) mass is 288 g/mol. The van der Waals surface area contributed by atoms with Crippen molar-refractivity contribution in [2.75, 3.05) is 13.2 Å². The van der Waals surface area contributed by atoms with Gasteiger partial charge in [0, 0.05) is 18.8 Å². The Balaban J connectivity index is 0.000000796. The number of Topliss-reactive ketones (excluding diaryl/α,β-unsaturated/α-hetero) is 1. The summed E-state index contributed by atoms with van der Waals surface area (Å²) in [6.07, 6.45) is 7.09. The molecule has 0 aromatic rings. The Hall–Kier alpha value is -0.940. The smallest absolute Gasteiger partial charge is 0.303 e. The van der Waals surface area contributed by atoms with Crippen LogP contribution in [0.25, 0.3) is 0 Å². The van der Waals surface area contributed by atoms with Gasteiger partial charge in [-0.05, 0) is 18.8 Å². The predicted molar refractivity (Wildman–Crippen MR) is 76.4 cm³/mol. The van der Waals surface area contributed by atoms with E-state index in [4.69, 9.17) is 15.3 Å². The van der Waals surface area contributed by atoms with E-state index in [9.17, 15) is 9.59 Å². The number of hydrogen-bond acceptors (Lipinski definition) is 4. The van der Waals surface area contributed by atoms with E-state index in [1.807, 2.05) is 0 Å². The molecule has 1 saturated carbocycles. The fourth-order valence-electron chi connectivity index (χ4n) is 2.63. The molecule has 3 N–H and O–H groups in total. The molecule has 0 aromatic carbocycles. The van der Waals surface area contributed by atoms with Crippen LogP contribution in [-0.4, -0.2) is 40.3 Å². The lowest BCUT2D eigenvalue weighted by Gasteiger charge is -2.16. The van der Waals surface area contributed by atoms with E-state index in [1.165, 1.54) is 19.3 Å².